The predicted octanol–water partition coefficient (Wildman–Crippen LogP) is 1.68. The van der Waals surface area contributed by atoms with Crippen molar-refractivity contribution in [1.82, 2.24) is 15.2 Å². The number of urea groups is 1. The first-order valence-electron chi connectivity index (χ1n) is 5.70. The Kier molecular flexibility index (Phi) is 5.32. The molecule has 16 heavy (non-hydrogen) atoms. The molecule has 1 aromatic rings. The van der Waals surface area contributed by atoms with Gasteiger partial charge in [-0.15, -0.1) is 0 Å². The predicted molar refractivity (Wildman–Crippen MR) is 64.3 cm³/mol. The summed E-state index contributed by atoms with van der Waals surface area (Å²) in [7, 11) is 0. The fourth-order valence-electron chi connectivity index (χ4n) is 1.47. The van der Waals surface area contributed by atoms with Crippen LogP contribution < -0.4 is 5.32 Å². The Morgan fingerprint density at radius 1 is 1.38 bits per heavy atom. The Bertz CT molecular complexity index is 309. The average Bonchev–Trinajstić information content (AvgIpc) is 2.32. The number of aromatic nitrogens is 1. The molecule has 1 heterocycles. The standard InChI is InChI=1S/C12H19N3O/c1-3-15(4-2)12(16)14-10-8-11-7-5-6-9-13-11/h5-7,9H,3-4,8,10H2,1-2H3,(H,14,16). The molecular formula is C12H19N3O. The Morgan fingerprint density at radius 3 is 2.69 bits per heavy atom. The highest BCUT2D eigenvalue weighted by atomic mass is 16.2. The van der Waals surface area contributed by atoms with Gasteiger partial charge in [-0.1, -0.05) is 6.07 Å². The van der Waals surface area contributed by atoms with Gasteiger partial charge in [0, 0.05) is 37.9 Å². The van der Waals surface area contributed by atoms with Crippen LogP contribution in [-0.4, -0.2) is 35.5 Å². The number of amides is 2. The molecule has 0 aliphatic carbocycles. The van der Waals surface area contributed by atoms with Gasteiger partial charge >= 0.3 is 6.03 Å². The van der Waals surface area contributed by atoms with E-state index in [9.17, 15) is 4.79 Å². The number of pyridine rings is 1. The molecule has 0 unspecified atom stereocenters. The molecule has 88 valence electrons. The van der Waals surface area contributed by atoms with Crippen LogP contribution in [0.1, 0.15) is 19.5 Å². The van der Waals surface area contributed by atoms with Crippen LogP contribution >= 0.6 is 0 Å². The molecule has 2 amide bonds. The zero-order valence-electron chi connectivity index (χ0n) is 9.94. The quantitative estimate of drug-likeness (QED) is 0.822. The highest BCUT2D eigenvalue weighted by molar-refractivity contribution is 5.74. The molecule has 0 fully saturated rings. The summed E-state index contributed by atoms with van der Waals surface area (Å²) >= 11 is 0. The zero-order chi connectivity index (χ0) is 11.8. The smallest absolute Gasteiger partial charge is 0.317 e. The van der Waals surface area contributed by atoms with Gasteiger partial charge in [0.2, 0.25) is 0 Å². The summed E-state index contributed by atoms with van der Waals surface area (Å²) in [6.07, 6.45) is 2.54. The zero-order valence-corrected chi connectivity index (χ0v) is 9.94. The van der Waals surface area contributed by atoms with Crippen molar-refractivity contribution in [3.63, 3.8) is 0 Å². The van der Waals surface area contributed by atoms with Gasteiger partial charge in [-0.05, 0) is 26.0 Å². The lowest BCUT2D eigenvalue weighted by Gasteiger charge is -2.18. The van der Waals surface area contributed by atoms with Gasteiger partial charge in [-0.25, -0.2) is 4.79 Å². The summed E-state index contributed by atoms with van der Waals surface area (Å²) in [4.78, 5) is 17.5. The van der Waals surface area contributed by atoms with Gasteiger partial charge in [0.1, 0.15) is 0 Å². The van der Waals surface area contributed by atoms with Crippen molar-refractivity contribution in [1.29, 1.82) is 0 Å². The van der Waals surface area contributed by atoms with Crippen LogP contribution in [-0.2, 0) is 6.42 Å². The van der Waals surface area contributed by atoms with E-state index in [2.05, 4.69) is 10.3 Å². The molecule has 0 spiro atoms. The van der Waals surface area contributed by atoms with E-state index in [0.29, 0.717) is 6.54 Å². The summed E-state index contributed by atoms with van der Waals surface area (Å²) in [5.74, 6) is 0. The minimum Gasteiger partial charge on any atom is -0.338 e. The number of rotatable bonds is 5. The minimum absolute atomic E-state index is 0.000862. The second-order valence-electron chi connectivity index (χ2n) is 3.48. The molecule has 0 saturated heterocycles. The van der Waals surface area contributed by atoms with Crippen LogP contribution in [0.4, 0.5) is 4.79 Å². The highest BCUT2D eigenvalue weighted by Crippen LogP contribution is 1.94. The average molecular weight is 221 g/mol. The van der Waals surface area contributed by atoms with Crippen molar-refractivity contribution in [2.24, 2.45) is 0 Å². The van der Waals surface area contributed by atoms with E-state index in [0.717, 1.165) is 25.2 Å². The monoisotopic (exact) mass is 221 g/mol. The van der Waals surface area contributed by atoms with Gasteiger partial charge in [0.05, 0.1) is 0 Å². The van der Waals surface area contributed by atoms with E-state index in [1.807, 2.05) is 32.0 Å². The molecule has 0 aromatic carbocycles. The highest BCUT2D eigenvalue weighted by Gasteiger charge is 2.07. The van der Waals surface area contributed by atoms with E-state index in [1.165, 1.54) is 0 Å². The lowest BCUT2D eigenvalue weighted by Crippen LogP contribution is -2.40. The fraction of sp³-hybridized carbons (Fsp3) is 0.500. The van der Waals surface area contributed by atoms with Crippen LogP contribution in [0.15, 0.2) is 24.4 Å². The topological polar surface area (TPSA) is 45.2 Å². The van der Waals surface area contributed by atoms with E-state index in [4.69, 9.17) is 0 Å². The van der Waals surface area contributed by atoms with Crippen molar-refractivity contribution in [3.8, 4) is 0 Å². The number of hydrogen-bond donors (Lipinski definition) is 1. The van der Waals surface area contributed by atoms with Crippen molar-refractivity contribution in [2.75, 3.05) is 19.6 Å². The van der Waals surface area contributed by atoms with E-state index in [-0.39, 0.29) is 6.03 Å². The van der Waals surface area contributed by atoms with Gasteiger partial charge in [-0.3, -0.25) is 4.98 Å². The van der Waals surface area contributed by atoms with Crippen molar-refractivity contribution >= 4 is 6.03 Å². The molecular weight excluding hydrogens is 202 g/mol. The first kappa shape index (κ1) is 12.5. The largest absolute Gasteiger partial charge is 0.338 e. The lowest BCUT2D eigenvalue weighted by atomic mass is 10.3. The molecule has 1 N–H and O–H groups in total. The molecule has 1 rings (SSSR count). The Hall–Kier alpha value is -1.58. The molecule has 0 bridgehead atoms. The van der Waals surface area contributed by atoms with Gasteiger partial charge in [0.25, 0.3) is 0 Å². The third kappa shape index (κ3) is 3.88. The van der Waals surface area contributed by atoms with Crippen LogP contribution in [0.3, 0.4) is 0 Å². The van der Waals surface area contributed by atoms with Crippen LogP contribution in [0, 0.1) is 0 Å². The summed E-state index contributed by atoms with van der Waals surface area (Å²) in [5.41, 5.74) is 1.00. The first-order chi connectivity index (χ1) is 7.77. The number of nitrogens with zero attached hydrogens (tertiary/aromatic N) is 2. The minimum atomic E-state index is 0.000862. The third-order valence-corrected chi connectivity index (χ3v) is 2.43. The maximum atomic E-state index is 11.6. The number of carbonyl (C=O) groups is 1. The van der Waals surface area contributed by atoms with Crippen molar-refractivity contribution < 1.29 is 4.79 Å². The summed E-state index contributed by atoms with van der Waals surface area (Å²) in [6, 6.07) is 5.80. The summed E-state index contributed by atoms with van der Waals surface area (Å²) in [5, 5.41) is 2.88. The number of carbonyl (C=O) groups excluding carboxylic acids is 1. The SMILES string of the molecule is CCN(CC)C(=O)NCCc1ccccn1. The first-order valence-corrected chi connectivity index (χ1v) is 5.70. The van der Waals surface area contributed by atoms with Gasteiger partial charge in [-0.2, -0.15) is 0 Å². The van der Waals surface area contributed by atoms with Gasteiger partial charge < -0.3 is 10.2 Å². The maximum Gasteiger partial charge on any atom is 0.317 e. The number of hydrogen-bond acceptors (Lipinski definition) is 2. The molecule has 1 aromatic heterocycles. The number of nitrogens with one attached hydrogen (secondary N) is 1. The summed E-state index contributed by atoms with van der Waals surface area (Å²) in [6.45, 7) is 6.06. The molecule has 0 aliphatic heterocycles. The molecule has 0 atom stereocenters. The van der Waals surface area contributed by atoms with E-state index in [1.54, 1.807) is 11.1 Å². The lowest BCUT2D eigenvalue weighted by molar-refractivity contribution is 0.203. The Balaban J connectivity index is 2.28. The van der Waals surface area contributed by atoms with E-state index >= 15 is 0 Å². The second kappa shape index (κ2) is 6.82. The second-order valence-corrected chi connectivity index (χ2v) is 3.48. The van der Waals surface area contributed by atoms with Crippen LogP contribution in [0.5, 0.6) is 0 Å². The van der Waals surface area contributed by atoms with Crippen LogP contribution in [0.25, 0.3) is 0 Å². The fourth-order valence-corrected chi connectivity index (χ4v) is 1.47. The molecule has 0 saturated carbocycles. The molecule has 4 heteroatoms. The van der Waals surface area contributed by atoms with Crippen LogP contribution in [0.2, 0.25) is 0 Å². The normalized spacial score (nSPS) is 9.88. The maximum absolute atomic E-state index is 11.6. The molecule has 4 nitrogen and oxygen atoms in total. The third-order valence-electron chi connectivity index (χ3n) is 2.43. The molecule has 0 aliphatic rings. The van der Waals surface area contributed by atoms with Crippen molar-refractivity contribution in [2.45, 2.75) is 20.3 Å². The Labute approximate surface area is 96.7 Å². The Morgan fingerprint density at radius 2 is 2.12 bits per heavy atom. The van der Waals surface area contributed by atoms with Crippen molar-refractivity contribution in [3.05, 3.63) is 30.1 Å². The summed E-state index contributed by atoms with van der Waals surface area (Å²) < 4.78 is 0. The van der Waals surface area contributed by atoms with E-state index < -0.39 is 0 Å². The molecule has 0 radical (unpaired) electrons. The van der Waals surface area contributed by atoms with Gasteiger partial charge in [0.15, 0.2) is 0 Å².